The summed E-state index contributed by atoms with van der Waals surface area (Å²) in [7, 11) is 0. The van der Waals surface area contributed by atoms with Crippen LogP contribution in [-0.2, 0) is 9.47 Å². The Bertz CT molecular complexity index is 785. The third-order valence-corrected chi connectivity index (χ3v) is 5.25. The number of hydrogen-bond acceptors (Lipinski definition) is 4. The van der Waals surface area contributed by atoms with E-state index in [1.807, 2.05) is 39.0 Å². The fourth-order valence-corrected chi connectivity index (χ4v) is 3.52. The van der Waals surface area contributed by atoms with Crippen LogP contribution in [0.15, 0.2) is 73.3 Å². The molecule has 0 fully saturated rings. The van der Waals surface area contributed by atoms with Gasteiger partial charge < -0.3 is 9.47 Å². The SMILES string of the molecule is C=CC(CC)C(OC(=O)c1ccccc1)C(CC)C(C)OC(=O)c1ccccc1. The Balaban J connectivity index is 2.20. The van der Waals surface area contributed by atoms with Crippen LogP contribution in [-0.4, -0.2) is 24.1 Å². The van der Waals surface area contributed by atoms with Crippen molar-refractivity contribution in [3.8, 4) is 0 Å². The zero-order valence-electron chi connectivity index (χ0n) is 17.4. The third kappa shape index (κ3) is 6.05. The van der Waals surface area contributed by atoms with Crippen LogP contribution >= 0.6 is 0 Å². The van der Waals surface area contributed by atoms with Crippen molar-refractivity contribution in [3.05, 3.63) is 84.4 Å². The van der Waals surface area contributed by atoms with Crippen molar-refractivity contribution < 1.29 is 19.1 Å². The molecule has 0 saturated heterocycles. The highest BCUT2D eigenvalue weighted by atomic mass is 16.6. The average Bonchev–Trinajstić information content (AvgIpc) is 2.76. The predicted molar refractivity (Wildman–Crippen MR) is 115 cm³/mol. The summed E-state index contributed by atoms with van der Waals surface area (Å²) < 4.78 is 11.7. The lowest BCUT2D eigenvalue weighted by Crippen LogP contribution is -2.40. The Labute approximate surface area is 173 Å². The third-order valence-electron chi connectivity index (χ3n) is 5.25. The molecule has 4 heteroatoms. The number of ether oxygens (including phenoxy) is 2. The highest BCUT2D eigenvalue weighted by Gasteiger charge is 2.35. The monoisotopic (exact) mass is 394 g/mol. The standard InChI is InChI=1S/C25H30O4/c1-5-19(6-2)23(29-25(27)21-16-12-9-13-17-21)22(7-3)18(4)28-24(26)20-14-10-8-11-15-20/h5,8-19,22-23H,1,6-7H2,2-4H3. The van der Waals surface area contributed by atoms with Crippen LogP contribution in [0.1, 0.15) is 54.3 Å². The number of rotatable bonds is 10. The summed E-state index contributed by atoms with van der Waals surface area (Å²) in [5, 5.41) is 0. The maximum absolute atomic E-state index is 12.7. The highest BCUT2D eigenvalue weighted by Crippen LogP contribution is 2.29. The molecule has 0 aromatic heterocycles. The van der Waals surface area contributed by atoms with Gasteiger partial charge in [-0.2, -0.15) is 0 Å². The molecule has 4 nitrogen and oxygen atoms in total. The molecule has 154 valence electrons. The minimum Gasteiger partial charge on any atom is -0.459 e. The van der Waals surface area contributed by atoms with Gasteiger partial charge in [-0.1, -0.05) is 56.3 Å². The van der Waals surface area contributed by atoms with Gasteiger partial charge in [-0.25, -0.2) is 9.59 Å². The average molecular weight is 395 g/mol. The van der Waals surface area contributed by atoms with Crippen LogP contribution in [0.25, 0.3) is 0 Å². The molecular weight excluding hydrogens is 364 g/mol. The van der Waals surface area contributed by atoms with Crippen molar-refractivity contribution in [2.45, 2.75) is 45.8 Å². The zero-order valence-corrected chi connectivity index (χ0v) is 17.4. The molecule has 0 aliphatic carbocycles. The number of benzene rings is 2. The van der Waals surface area contributed by atoms with Crippen molar-refractivity contribution >= 4 is 11.9 Å². The molecule has 2 aromatic carbocycles. The predicted octanol–water partition coefficient (Wildman–Crippen LogP) is 5.70. The molecule has 4 atom stereocenters. The maximum Gasteiger partial charge on any atom is 0.338 e. The molecule has 0 bridgehead atoms. The van der Waals surface area contributed by atoms with E-state index in [0.717, 1.165) is 6.42 Å². The van der Waals surface area contributed by atoms with E-state index < -0.39 is 12.2 Å². The second-order valence-electron chi connectivity index (χ2n) is 7.09. The molecule has 0 aliphatic rings. The fraction of sp³-hybridized carbons (Fsp3) is 0.360. The summed E-state index contributed by atoms with van der Waals surface area (Å²) in [4.78, 5) is 25.2. The summed E-state index contributed by atoms with van der Waals surface area (Å²) in [5.74, 6) is -0.948. The van der Waals surface area contributed by atoms with E-state index in [-0.39, 0.29) is 23.8 Å². The van der Waals surface area contributed by atoms with Gasteiger partial charge in [0.05, 0.1) is 11.1 Å². The fourth-order valence-electron chi connectivity index (χ4n) is 3.52. The first-order valence-electron chi connectivity index (χ1n) is 10.2. The molecule has 0 amide bonds. The number of hydrogen-bond donors (Lipinski definition) is 0. The van der Waals surface area contributed by atoms with Gasteiger partial charge in [-0.15, -0.1) is 6.58 Å². The van der Waals surface area contributed by atoms with Gasteiger partial charge in [0.15, 0.2) is 0 Å². The first kappa shape index (κ1) is 22.4. The van der Waals surface area contributed by atoms with Crippen molar-refractivity contribution in [3.63, 3.8) is 0 Å². The van der Waals surface area contributed by atoms with Crippen molar-refractivity contribution in [1.29, 1.82) is 0 Å². The van der Waals surface area contributed by atoms with E-state index in [4.69, 9.17) is 9.47 Å². The zero-order chi connectivity index (χ0) is 21.2. The molecule has 4 unspecified atom stereocenters. The van der Waals surface area contributed by atoms with E-state index >= 15 is 0 Å². The highest BCUT2D eigenvalue weighted by molar-refractivity contribution is 5.90. The van der Waals surface area contributed by atoms with E-state index in [9.17, 15) is 9.59 Å². The number of esters is 2. The largest absolute Gasteiger partial charge is 0.459 e. The minimum atomic E-state index is -0.436. The van der Waals surface area contributed by atoms with Crippen LogP contribution in [0, 0.1) is 11.8 Å². The van der Waals surface area contributed by atoms with Crippen LogP contribution in [0.3, 0.4) is 0 Å². The first-order chi connectivity index (χ1) is 14.0. The van der Waals surface area contributed by atoms with Gasteiger partial charge in [-0.3, -0.25) is 0 Å². The van der Waals surface area contributed by atoms with Crippen molar-refractivity contribution in [1.82, 2.24) is 0 Å². The Kier molecular flexibility index (Phi) is 8.66. The molecule has 2 aromatic rings. The molecule has 0 saturated carbocycles. The normalized spacial score (nSPS) is 14.9. The summed E-state index contributed by atoms with van der Waals surface area (Å²) in [6, 6.07) is 17.8. The Morgan fingerprint density at radius 1 is 0.862 bits per heavy atom. The van der Waals surface area contributed by atoms with Crippen molar-refractivity contribution in [2.24, 2.45) is 11.8 Å². The summed E-state index contributed by atoms with van der Waals surface area (Å²) >= 11 is 0. The number of carbonyl (C=O) groups excluding carboxylic acids is 2. The van der Waals surface area contributed by atoms with Gasteiger partial charge in [-0.05, 0) is 44.0 Å². The molecule has 0 N–H and O–H groups in total. The van der Waals surface area contributed by atoms with E-state index in [2.05, 4.69) is 6.58 Å². The summed E-state index contributed by atoms with van der Waals surface area (Å²) in [6.45, 7) is 9.82. The summed E-state index contributed by atoms with van der Waals surface area (Å²) in [5.41, 5.74) is 1.00. The molecule has 0 radical (unpaired) electrons. The first-order valence-corrected chi connectivity index (χ1v) is 10.2. The second-order valence-corrected chi connectivity index (χ2v) is 7.09. The molecule has 0 spiro atoms. The van der Waals surface area contributed by atoms with Gasteiger partial charge >= 0.3 is 11.9 Å². The Hall–Kier alpha value is -2.88. The Morgan fingerprint density at radius 2 is 1.34 bits per heavy atom. The van der Waals surface area contributed by atoms with Crippen molar-refractivity contribution in [2.75, 3.05) is 0 Å². The van der Waals surface area contributed by atoms with E-state index in [1.54, 1.807) is 48.5 Å². The quantitative estimate of drug-likeness (QED) is 0.383. The Morgan fingerprint density at radius 3 is 1.76 bits per heavy atom. The van der Waals surface area contributed by atoms with Crippen LogP contribution in [0.2, 0.25) is 0 Å². The van der Waals surface area contributed by atoms with Crippen LogP contribution < -0.4 is 0 Å². The van der Waals surface area contributed by atoms with E-state index in [1.165, 1.54) is 0 Å². The van der Waals surface area contributed by atoms with Gasteiger partial charge in [0, 0.05) is 11.8 Å². The van der Waals surface area contributed by atoms with Gasteiger partial charge in [0.25, 0.3) is 0 Å². The van der Waals surface area contributed by atoms with Crippen LogP contribution in [0.4, 0.5) is 0 Å². The minimum absolute atomic E-state index is 0.0366. The van der Waals surface area contributed by atoms with Crippen LogP contribution in [0.5, 0.6) is 0 Å². The lowest BCUT2D eigenvalue weighted by molar-refractivity contribution is -0.0421. The smallest absolute Gasteiger partial charge is 0.338 e. The molecule has 0 aliphatic heterocycles. The molecule has 29 heavy (non-hydrogen) atoms. The lowest BCUT2D eigenvalue weighted by Gasteiger charge is -2.34. The second kappa shape index (κ2) is 11.2. The van der Waals surface area contributed by atoms with E-state index in [0.29, 0.717) is 17.5 Å². The van der Waals surface area contributed by atoms with Gasteiger partial charge in [0.1, 0.15) is 12.2 Å². The molecule has 0 heterocycles. The summed E-state index contributed by atoms with van der Waals surface area (Å²) in [6.07, 6.45) is 2.42. The van der Waals surface area contributed by atoms with Gasteiger partial charge in [0.2, 0.25) is 0 Å². The number of carbonyl (C=O) groups is 2. The molecule has 2 rings (SSSR count). The maximum atomic E-state index is 12.7. The molecular formula is C25H30O4. The topological polar surface area (TPSA) is 52.6 Å². The lowest BCUT2D eigenvalue weighted by atomic mass is 9.84.